The van der Waals surface area contributed by atoms with Crippen molar-refractivity contribution in [1.82, 2.24) is 4.83 Å². The van der Waals surface area contributed by atoms with Crippen LogP contribution in [0.5, 0.6) is 0 Å². The maximum atomic E-state index is 10.8. The third-order valence-electron chi connectivity index (χ3n) is 2.24. The number of hydrogen-bond acceptors (Lipinski definition) is 3. The molecule has 1 fully saturated rings. The molecule has 1 atom stereocenters. The van der Waals surface area contributed by atoms with Crippen molar-refractivity contribution < 1.29 is 8.42 Å². The van der Waals surface area contributed by atoms with Crippen LogP contribution in [0.2, 0.25) is 0 Å². The van der Waals surface area contributed by atoms with Crippen LogP contribution in [0.25, 0.3) is 0 Å². The third kappa shape index (κ3) is 3.76. The van der Waals surface area contributed by atoms with Gasteiger partial charge in [-0.15, -0.1) is 0 Å². The van der Waals surface area contributed by atoms with Gasteiger partial charge in [0.15, 0.2) is 0 Å². The first-order chi connectivity index (χ1) is 5.99. The van der Waals surface area contributed by atoms with E-state index in [1.807, 2.05) is 0 Å². The summed E-state index contributed by atoms with van der Waals surface area (Å²) in [4.78, 5) is 2.18. The second kappa shape index (κ2) is 4.09. The van der Waals surface area contributed by atoms with Crippen LogP contribution < -0.4 is 4.83 Å². The Morgan fingerprint density at radius 1 is 1.46 bits per heavy atom. The second-order valence-corrected chi connectivity index (χ2v) is 5.34. The lowest BCUT2D eigenvalue weighted by atomic mass is 9.89. The Bertz CT molecular complexity index is 295. The minimum Gasteiger partial charge on any atom is -0.206 e. The largest absolute Gasteiger partial charge is 0.244 e. The van der Waals surface area contributed by atoms with Crippen LogP contribution in [0.15, 0.2) is 5.10 Å². The fourth-order valence-corrected chi connectivity index (χ4v) is 1.76. The quantitative estimate of drug-likeness (QED) is 0.685. The van der Waals surface area contributed by atoms with Crippen molar-refractivity contribution in [1.29, 1.82) is 0 Å². The van der Waals surface area contributed by atoms with E-state index in [9.17, 15) is 8.42 Å². The van der Waals surface area contributed by atoms with E-state index in [4.69, 9.17) is 0 Å². The van der Waals surface area contributed by atoms with Gasteiger partial charge in [-0.05, 0) is 25.2 Å². The SMILES string of the molecule is CC1CCCC/C1=N\NS(C)(=O)=O. The van der Waals surface area contributed by atoms with E-state index < -0.39 is 10.0 Å². The molecule has 1 unspecified atom stereocenters. The van der Waals surface area contributed by atoms with E-state index in [1.165, 1.54) is 6.42 Å². The Morgan fingerprint density at radius 2 is 2.15 bits per heavy atom. The number of sulfonamides is 1. The van der Waals surface area contributed by atoms with Crippen LogP contribution in [0.4, 0.5) is 0 Å². The van der Waals surface area contributed by atoms with Crippen LogP contribution in [-0.4, -0.2) is 20.4 Å². The zero-order valence-corrected chi connectivity index (χ0v) is 8.89. The van der Waals surface area contributed by atoms with Crippen molar-refractivity contribution in [2.45, 2.75) is 32.6 Å². The Hall–Kier alpha value is -0.580. The summed E-state index contributed by atoms with van der Waals surface area (Å²) >= 11 is 0. The van der Waals surface area contributed by atoms with Gasteiger partial charge in [0.2, 0.25) is 10.0 Å². The van der Waals surface area contributed by atoms with Gasteiger partial charge in [-0.2, -0.15) is 5.10 Å². The topological polar surface area (TPSA) is 58.5 Å². The molecule has 5 heteroatoms. The second-order valence-electron chi connectivity index (χ2n) is 3.61. The summed E-state index contributed by atoms with van der Waals surface area (Å²) in [7, 11) is -3.18. The number of hydrogen-bond donors (Lipinski definition) is 1. The predicted octanol–water partition coefficient (Wildman–Crippen LogP) is 1.10. The molecule has 0 aliphatic heterocycles. The summed E-state index contributed by atoms with van der Waals surface area (Å²) in [5.74, 6) is 0.419. The molecule has 0 aromatic rings. The summed E-state index contributed by atoms with van der Waals surface area (Å²) in [5.41, 5.74) is 0.983. The Labute approximate surface area is 79.5 Å². The molecule has 0 aromatic heterocycles. The summed E-state index contributed by atoms with van der Waals surface area (Å²) in [5, 5.41) is 3.91. The van der Waals surface area contributed by atoms with Crippen molar-refractivity contribution >= 4 is 15.7 Å². The third-order valence-corrected chi connectivity index (χ3v) is 2.67. The molecule has 0 amide bonds. The van der Waals surface area contributed by atoms with E-state index in [-0.39, 0.29) is 0 Å². The number of nitrogens with one attached hydrogen (secondary N) is 1. The van der Waals surface area contributed by atoms with Crippen LogP contribution in [0.3, 0.4) is 0 Å². The highest BCUT2D eigenvalue weighted by Gasteiger charge is 2.16. The molecule has 1 aliphatic rings. The molecule has 1 saturated carbocycles. The molecule has 4 nitrogen and oxygen atoms in total. The summed E-state index contributed by atoms with van der Waals surface area (Å²) in [6.45, 7) is 2.09. The predicted molar refractivity (Wildman–Crippen MR) is 53.0 cm³/mol. The first-order valence-corrected chi connectivity index (χ1v) is 6.41. The van der Waals surface area contributed by atoms with E-state index in [0.717, 1.165) is 31.2 Å². The van der Waals surface area contributed by atoms with Gasteiger partial charge in [-0.25, -0.2) is 13.2 Å². The lowest BCUT2D eigenvalue weighted by molar-refractivity contribution is 0.553. The standard InChI is InChI=1S/C8H16N2O2S/c1-7-5-3-4-6-8(7)9-10-13(2,11)12/h7,10H,3-6H2,1-2H3/b9-8+. The van der Waals surface area contributed by atoms with Gasteiger partial charge in [-0.3, -0.25) is 0 Å². The maximum absolute atomic E-state index is 10.8. The average Bonchev–Trinajstić information content (AvgIpc) is 2.01. The van der Waals surface area contributed by atoms with Crippen LogP contribution in [0, 0.1) is 5.92 Å². The first-order valence-electron chi connectivity index (χ1n) is 4.52. The zero-order valence-electron chi connectivity index (χ0n) is 8.08. The molecule has 0 saturated heterocycles. The van der Waals surface area contributed by atoms with Gasteiger partial charge in [0.1, 0.15) is 0 Å². The molecular formula is C8H16N2O2S. The Kier molecular flexibility index (Phi) is 3.30. The molecule has 13 heavy (non-hydrogen) atoms. The van der Waals surface area contributed by atoms with Gasteiger partial charge in [-0.1, -0.05) is 13.3 Å². The van der Waals surface area contributed by atoms with Crippen LogP contribution in [-0.2, 0) is 10.0 Å². The van der Waals surface area contributed by atoms with Crippen LogP contribution >= 0.6 is 0 Å². The summed E-state index contributed by atoms with van der Waals surface area (Å²) in [6.07, 6.45) is 5.49. The van der Waals surface area contributed by atoms with E-state index in [0.29, 0.717) is 5.92 Å². The van der Waals surface area contributed by atoms with Crippen molar-refractivity contribution in [3.8, 4) is 0 Å². The smallest absolute Gasteiger partial charge is 0.206 e. The fraction of sp³-hybridized carbons (Fsp3) is 0.875. The highest BCUT2D eigenvalue weighted by Crippen LogP contribution is 2.20. The first kappa shape index (κ1) is 10.5. The van der Waals surface area contributed by atoms with Crippen molar-refractivity contribution in [3.05, 3.63) is 0 Å². The van der Waals surface area contributed by atoms with Gasteiger partial charge in [0, 0.05) is 5.71 Å². The minimum absolute atomic E-state index is 0.419. The highest BCUT2D eigenvalue weighted by atomic mass is 32.2. The molecule has 0 radical (unpaired) electrons. The number of rotatable bonds is 2. The zero-order chi connectivity index (χ0) is 9.90. The number of nitrogens with zero attached hydrogens (tertiary/aromatic N) is 1. The Balaban J connectivity index is 2.59. The van der Waals surface area contributed by atoms with Gasteiger partial charge < -0.3 is 0 Å². The highest BCUT2D eigenvalue weighted by molar-refractivity contribution is 7.88. The average molecular weight is 204 g/mol. The van der Waals surface area contributed by atoms with E-state index in [1.54, 1.807) is 0 Å². The molecule has 0 bridgehead atoms. The van der Waals surface area contributed by atoms with Crippen molar-refractivity contribution in [2.24, 2.45) is 11.0 Å². The molecule has 76 valence electrons. The molecule has 0 spiro atoms. The molecule has 1 N–H and O–H groups in total. The summed E-state index contributed by atoms with van der Waals surface area (Å²) < 4.78 is 21.5. The van der Waals surface area contributed by atoms with Gasteiger partial charge >= 0.3 is 0 Å². The number of hydrazone groups is 1. The maximum Gasteiger partial charge on any atom is 0.244 e. The Morgan fingerprint density at radius 3 is 2.69 bits per heavy atom. The fourth-order valence-electron chi connectivity index (χ4n) is 1.48. The van der Waals surface area contributed by atoms with Gasteiger partial charge in [0.05, 0.1) is 6.26 Å². The summed E-state index contributed by atoms with van der Waals surface area (Å²) in [6, 6.07) is 0. The molecule has 1 rings (SSSR count). The monoisotopic (exact) mass is 204 g/mol. The lowest BCUT2D eigenvalue weighted by Gasteiger charge is -2.19. The van der Waals surface area contributed by atoms with Gasteiger partial charge in [0.25, 0.3) is 0 Å². The normalized spacial score (nSPS) is 27.5. The van der Waals surface area contributed by atoms with E-state index >= 15 is 0 Å². The minimum atomic E-state index is -3.18. The van der Waals surface area contributed by atoms with Crippen molar-refractivity contribution in [2.75, 3.05) is 6.26 Å². The lowest BCUT2D eigenvalue weighted by Crippen LogP contribution is -2.23. The molecule has 0 heterocycles. The molecule has 0 aromatic carbocycles. The van der Waals surface area contributed by atoms with Crippen molar-refractivity contribution in [3.63, 3.8) is 0 Å². The van der Waals surface area contributed by atoms with Crippen LogP contribution in [0.1, 0.15) is 32.6 Å². The van der Waals surface area contributed by atoms with E-state index in [2.05, 4.69) is 16.9 Å². The molecule has 1 aliphatic carbocycles. The molecular weight excluding hydrogens is 188 g/mol.